The quantitative estimate of drug-likeness (QED) is 0.700. The van der Waals surface area contributed by atoms with E-state index in [-0.39, 0.29) is 5.91 Å². The Morgan fingerprint density at radius 1 is 1.30 bits per heavy atom. The molecule has 0 atom stereocenters. The molecule has 1 N–H and O–H groups in total. The third kappa shape index (κ3) is 6.17. The van der Waals surface area contributed by atoms with Crippen molar-refractivity contribution < 1.29 is 14.3 Å². The van der Waals surface area contributed by atoms with E-state index in [1.165, 1.54) is 11.3 Å². The topological polar surface area (TPSA) is 60.5 Å². The number of unbranched alkanes of at least 4 members (excludes halogenated alkanes) is 1. The van der Waals surface area contributed by atoms with Crippen LogP contribution in [-0.4, -0.2) is 31.2 Å². The number of ether oxygens (including phenoxy) is 2. The number of carbonyl (C=O) groups is 1. The summed E-state index contributed by atoms with van der Waals surface area (Å²) in [6.07, 6.45) is 1.81. The summed E-state index contributed by atoms with van der Waals surface area (Å²) in [5.41, 5.74) is 0.427. The fraction of sp³-hybridized carbons (Fsp3) is 0.375. The van der Waals surface area contributed by atoms with Gasteiger partial charge in [-0.1, -0.05) is 11.6 Å². The predicted octanol–water partition coefficient (Wildman–Crippen LogP) is 3.53. The third-order valence-electron chi connectivity index (χ3n) is 3.02. The van der Waals surface area contributed by atoms with Crippen LogP contribution in [0.25, 0.3) is 0 Å². The highest BCUT2D eigenvalue weighted by Gasteiger charge is 2.10. The molecular formula is C16H19ClN2O3S. The lowest BCUT2D eigenvalue weighted by molar-refractivity contribution is 0.0947. The van der Waals surface area contributed by atoms with Crippen molar-refractivity contribution in [3.05, 3.63) is 45.4 Å². The molecule has 23 heavy (non-hydrogen) atoms. The van der Waals surface area contributed by atoms with Gasteiger partial charge in [0.2, 0.25) is 0 Å². The predicted molar refractivity (Wildman–Crippen MR) is 91.3 cm³/mol. The highest BCUT2D eigenvalue weighted by atomic mass is 35.5. The zero-order chi connectivity index (χ0) is 16.5. The maximum absolute atomic E-state index is 11.9. The molecule has 1 aromatic carbocycles. The zero-order valence-corrected chi connectivity index (χ0v) is 14.5. The van der Waals surface area contributed by atoms with E-state index in [9.17, 15) is 4.79 Å². The minimum absolute atomic E-state index is 0.156. The van der Waals surface area contributed by atoms with E-state index in [0.717, 1.165) is 17.8 Å². The van der Waals surface area contributed by atoms with Crippen LogP contribution in [0.3, 0.4) is 0 Å². The van der Waals surface area contributed by atoms with Crippen LogP contribution in [0.5, 0.6) is 5.75 Å². The van der Waals surface area contributed by atoms with Gasteiger partial charge in [-0.3, -0.25) is 4.79 Å². The first-order chi connectivity index (χ1) is 11.2. The highest BCUT2D eigenvalue weighted by Crippen LogP contribution is 2.18. The van der Waals surface area contributed by atoms with Gasteiger partial charge in [0, 0.05) is 30.7 Å². The fourth-order valence-corrected chi connectivity index (χ4v) is 2.63. The zero-order valence-electron chi connectivity index (χ0n) is 12.9. The first kappa shape index (κ1) is 17.7. The van der Waals surface area contributed by atoms with Gasteiger partial charge in [-0.15, -0.1) is 11.3 Å². The van der Waals surface area contributed by atoms with Gasteiger partial charge < -0.3 is 14.8 Å². The van der Waals surface area contributed by atoms with Crippen LogP contribution in [-0.2, 0) is 11.3 Å². The van der Waals surface area contributed by atoms with Crippen LogP contribution in [0.2, 0.25) is 5.02 Å². The lowest BCUT2D eigenvalue weighted by atomic mass is 10.3. The summed E-state index contributed by atoms with van der Waals surface area (Å²) in [5, 5.41) is 6.00. The van der Waals surface area contributed by atoms with Gasteiger partial charge in [0.05, 0.1) is 0 Å². The molecule has 1 heterocycles. The molecule has 0 bridgehead atoms. The minimum atomic E-state index is -0.156. The van der Waals surface area contributed by atoms with Crippen LogP contribution in [0.15, 0.2) is 29.6 Å². The van der Waals surface area contributed by atoms with E-state index in [4.69, 9.17) is 21.1 Å². The maximum Gasteiger partial charge on any atom is 0.270 e. The normalized spacial score (nSPS) is 10.5. The van der Waals surface area contributed by atoms with Gasteiger partial charge in [-0.05, 0) is 37.1 Å². The average Bonchev–Trinajstić information content (AvgIpc) is 3.03. The molecule has 0 saturated heterocycles. The molecular weight excluding hydrogens is 336 g/mol. The van der Waals surface area contributed by atoms with Crippen LogP contribution >= 0.6 is 22.9 Å². The first-order valence-corrected chi connectivity index (χ1v) is 8.54. The van der Waals surface area contributed by atoms with Gasteiger partial charge in [-0.2, -0.15) is 0 Å². The largest absolute Gasteiger partial charge is 0.486 e. The van der Waals surface area contributed by atoms with Crippen molar-refractivity contribution in [2.75, 3.05) is 20.3 Å². The summed E-state index contributed by atoms with van der Waals surface area (Å²) in [4.78, 5) is 16.2. The number of aromatic nitrogens is 1. The molecule has 0 aliphatic carbocycles. The number of benzene rings is 1. The Morgan fingerprint density at radius 3 is 2.83 bits per heavy atom. The lowest BCUT2D eigenvalue weighted by Gasteiger charge is -2.04. The number of rotatable bonds is 9. The smallest absolute Gasteiger partial charge is 0.270 e. The van der Waals surface area contributed by atoms with Crippen molar-refractivity contribution in [3.63, 3.8) is 0 Å². The number of nitrogens with zero attached hydrogens (tertiary/aromatic N) is 1. The van der Waals surface area contributed by atoms with Gasteiger partial charge in [0.1, 0.15) is 23.1 Å². The Labute approximate surface area is 144 Å². The summed E-state index contributed by atoms with van der Waals surface area (Å²) in [6.45, 7) is 1.66. The Morgan fingerprint density at radius 2 is 2.09 bits per heavy atom. The summed E-state index contributed by atoms with van der Waals surface area (Å²) >= 11 is 7.22. The molecule has 2 aromatic rings. The number of halogens is 1. The van der Waals surface area contributed by atoms with Crippen LogP contribution < -0.4 is 10.1 Å². The van der Waals surface area contributed by atoms with Crippen LogP contribution in [0.4, 0.5) is 0 Å². The molecule has 1 amide bonds. The molecule has 124 valence electrons. The molecule has 0 saturated carbocycles. The van der Waals surface area contributed by atoms with Crippen molar-refractivity contribution in [3.8, 4) is 5.75 Å². The van der Waals surface area contributed by atoms with Crippen molar-refractivity contribution in [2.24, 2.45) is 0 Å². The fourth-order valence-electron chi connectivity index (χ4n) is 1.82. The summed E-state index contributed by atoms with van der Waals surface area (Å²) in [7, 11) is 1.67. The van der Waals surface area contributed by atoms with Gasteiger partial charge in [-0.25, -0.2) is 4.98 Å². The number of hydrogen-bond acceptors (Lipinski definition) is 5. The minimum Gasteiger partial charge on any atom is -0.486 e. The Bertz CT molecular complexity index is 616. The number of nitrogens with one attached hydrogen (secondary N) is 1. The Balaban J connectivity index is 1.76. The highest BCUT2D eigenvalue weighted by molar-refractivity contribution is 7.09. The monoisotopic (exact) mass is 354 g/mol. The number of hydrogen-bond donors (Lipinski definition) is 1. The number of thiazole rings is 1. The average molecular weight is 355 g/mol. The van der Waals surface area contributed by atoms with Crippen molar-refractivity contribution in [2.45, 2.75) is 19.4 Å². The molecule has 0 aliphatic heterocycles. The molecule has 1 aromatic heterocycles. The third-order valence-corrected chi connectivity index (χ3v) is 4.10. The van der Waals surface area contributed by atoms with Crippen LogP contribution in [0, 0.1) is 0 Å². The number of amides is 1. The van der Waals surface area contributed by atoms with E-state index in [0.29, 0.717) is 36.2 Å². The molecule has 0 radical (unpaired) electrons. The van der Waals surface area contributed by atoms with Crippen molar-refractivity contribution >= 4 is 28.8 Å². The Hall–Kier alpha value is -1.63. The molecule has 0 aliphatic rings. The second kappa shape index (κ2) is 9.50. The lowest BCUT2D eigenvalue weighted by Crippen LogP contribution is -2.25. The second-order valence-electron chi connectivity index (χ2n) is 4.82. The number of carbonyl (C=O) groups excluding carboxylic acids is 1. The van der Waals surface area contributed by atoms with E-state index < -0.39 is 0 Å². The van der Waals surface area contributed by atoms with E-state index in [2.05, 4.69) is 10.3 Å². The van der Waals surface area contributed by atoms with Crippen LogP contribution in [0.1, 0.15) is 28.3 Å². The first-order valence-electron chi connectivity index (χ1n) is 7.29. The van der Waals surface area contributed by atoms with E-state index in [1.54, 1.807) is 36.8 Å². The van der Waals surface area contributed by atoms with Gasteiger partial charge in [0.15, 0.2) is 0 Å². The number of methoxy groups -OCH3 is 1. The molecule has 5 nitrogen and oxygen atoms in total. The second-order valence-corrected chi connectivity index (χ2v) is 6.20. The SMILES string of the molecule is COCCCCNC(=O)c1csc(COc2ccc(Cl)cc2)n1. The van der Waals surface area contributed by atoms with E-state index >= 15 is 0 Å². The van der Waals surface area contributed by atoms with Gasteiger partial charge in [0.25, 0.3) is 5.91 Å². The van der Waals surface area contributed by atoms with Gasteiger partial charge >= 0.3 is 0 Å². The standard InChI is InChI=1S/C16H19ClN2O3S/c1-21-9-3-2-8-18-16(20)14-11-23-15(19-14)10-22-13-6-4-12(17)5-7-13/h4-7,11H,2-3,8-10H2,1H3,(H,18,20). The van der Waals surface area contributed by atoms with E-state index in [1.807, 2.05) is 0 Å². The summed E-state index contributed by atoms with van der Waals surface area (Å²) in [6, 6.07) is 7.12. The molecule has 0 unspecified atom stereocenters. The molecule has 2 rings (SSSR count). The molecule has 7 heteroatoms. The molecule has 0 spiro atoms. The van der Waals surface area contributed by atoms with Crippen molar-refractivity contribution in [1.29, 1.82) is 0 Å². The maximum atomic E-state index is 11.9. The summed E-state index contributed by atoms with van der Waals surface area (Å²) < 4.78 is 10.6. The van der Waals surface area contributed by atoms with Crippen molar-refractivity contribution in [1.82, 2.24) is 10.3 Å². The summed E-state index contributed by atoms with van der Waals surface area (Å²) in [5.74, 6) is 0.560. The molecule has 0 fully saturated rings. The Kier molecular flexibility index (Phi) is 7.32.